The van der Waals surface area contributed by atoms with Crippen molar-refractivity contribution in [3.8, 4) is 5.75 Å². The Hall–Kier alpha value is -2.41. The molecule has 1 rings (SSSR count). The van der Waals surface area contributed by atoms with Crippen molar-refractivity contribution in [2.45, 2.75) is 18.9 Å². The first kappa shape index (κ1) is 14.7. The summed E-state index contributed by atoms with van der Waals surface area (Å²) in [5, 5.41) is 17.6. The second kappa shape index (κ2) is 7.12. The molecule has 0 aliphatic heterocycles. The van der Waals surface area contributed by atoms with Crippen LogP contribution >= 0.6 is 0 Å². The van der Waals surface area contributed by atoms with E-state index in [4.69, 9.17) is 15.1 Å². The summed E-state index contributed by atoms with van der Waals surface area (Å²) in [6, 6.07) is 4.45. The minimum Gasteiger partial charge on any atom is -0.480 e. The third-order valence-electron chi connectivity index (χ3n) is 2.29. The zero-order chi connectivity index (χ0) is 14.3. The van der Waals surface area contributed by atoms with Crippen LogP contribution in [0.1, 0.15) is 23.2 Å². The van der Waals surface area contributed by atoms with E-state index in [2.05, 4.69) is 5.48 Å². The highest BCUT2D eigenvalue weighted by atomic mass is 16.6. The first-order valence-corrected chi connectivity index (χ1v) is 5.46. The number of carboxylic acid groups (broad SMARTS) is 2. The average Bonchev–Trinajstić information content (AvgIpc) is 2.39. The van der Waals surface area contributed by atoms with Crippen LogP contribution in [0.25, 0.3) is 0 Å². The van der Waals surface area contributed by atoms with Gasteiger partial charge in [-0.3, -0.25) is 4.79 Å². The Bertz CT molecular complexity index is 456. The quantitative estimate of drug-likeness (QED) is 0.469. The van der Waals surface area contributed by atoms with E-state index in [9.17, 15) is 14.4 Å². The SMILES string of the molecule is O=CCC[C@H](NOc1ccc(C(=O)O)cc1)C(=O)O. The number of hydroxylamine groups is 1. The molecule has 0 heterocycles. The summed E-state index contributed by atoms with van der Waals surface area (Å²) in [5.41, 5.74) is 2.41. The van der Waals surface area contributed by atoms with Gasteiger partial charge in [0.25, 0.3) is 0 Å². The van der Waals surface area contributed by atoms with Gasteiger partial charge in [0.1, 0.15) is 18.1 Å². The molecule has 0 aliphatic rings. The van der Waals surface area contributed by atoms with Crippen molar-refractivity contribution in [1.82, 2.24) is 5.48 Å². The molecule has 0 unspecified atom stereocenters. The molecule has 0 bridgehead atoms. The topological polar surface area (TPSA) is 113 Å². The van der Waals surface area contributed by atoms with Gasteiger partial charge >= 0.3 is 11.9 Å². The molecular formula is C12H13NO6. The van der Waals surface area contributed by atoms with Crippen molar-refractivity contribution in [3.63, 3.8) is 0 Å². The fraction of sp³-hybridized carbons (Fsp3) is 0.250. The molecule has 0 amide bonds. The fourth-order valence-corrected chi connectivity index (χ4v) is 1.27. The van der Waals surface area contributed by atoms with Gasteiger partial charge in [0, 0.05) is 6.42 Å². The number of carbonyl (C=O) groups is 3. The van der Waals surface area contributed by atoms with E-state index in [0.717, 1.165) is 0 Å². The molecule has 7 heteroatoms. The van der Waals surface area contributed by atoms with Gasteiger partial charge in [-0.2, -0.15) is 0 Å². The van der Waals surface area contributed by atoms with E-state index in [1.54, 1.807) is 0 Å². The molecule has 7 nitrogen and oxygen atoms in total. The normalized spacial score (nSPS) is 11.6. The first-order valence-electron chi connectivity index (χ1n) is 5.46. The van der Waals surface area contributed by atoms with Gasteiger partial charge in [-0.1, -0.05) is 0 Å². The highest BCUT2D eigenvalue weighted by molar-refractivity contribution is 5.87. The molecular weight excluding hydrogens is 254 g/mol. The highest BCUT2D eigenvalue weighted by Crippen LogP contribution is 2.11. The van der Waals surface area contributed by atoms with E-state index in [-0.39, 0.29) is 24.2 Å². The minimum atomic E-state index is -1.14. The average molecular weight is 267 g/mol. The van der Waals surface area contributed by atoms with Gasteiger partial charge in [0.2, 0.25) is 0 Å². The van der Waals surface area contributed by atoms with Crippen LogP contribution in [0.15, 0.2) is 24.3 Å². The lowest BCUT2D eigenvalue weighted by Crippen LogP contribution is -2.38. The molecule has 0 saturated heterocycles. The molecule has 102 valence electrons. The Labute approximate surface area is 108 Å². The molecule has 1 aromatic carbocycles. The summed E-state index contributed by atoms with van der Waals surface area (Å²) in [6.07, 6.45) is 0.830. The van der Waals surface area contributed by atoms with Gasteiger partial charge in [0.15, 0.2) is 0 Å². The standard InChI is InChI=1S/C12H13NO6/c14-7-1-2-10(12(17)18)13-19-9-5-3-8(4-6-9)11(15)16/h3-7,10,13H,1-2H2,(H,15,16)(H,17,18)/t10-/m0/s1. The summed E-state index contributed by atoms with van der Waals surface area (Å²) in [4.78, 5) is 36.7. The number of carbonyl (C=O) groups excluding carboxylic acids is 1. The van der Waals surface area contributed by atoms with Crippen LogP contribution in [0.5, 0.6) is 5.75 Å². The van der Waals surface area contributed by atoms with Crippen LogP contribution < -0.4 is 10.3 Å². The summed E-state index contributed by atoms with van der Waals surface area (Å²) >= 11 is 0. The van der Waals surface area contributed by atoms with Gasteiger partial charge in [-0.15, -0.1) is 5.48 Å². The number of hydrogen-bond donors (Lipinski definition) is 3. The molecule has 0 spiro atoms. The maximum atomic E-state index is 10.8. The Morgan fingerprint density at radius 3 is 2.37 bits per heavy atom. The third-order valence-corrected chi connectivity index (χ3v) is 2.29. The summed E-state index contributed by atoms with van der Waals surface area (Å²) < 4.78 is 0. The molecule has 0 fully saturated rings. The second-order valence-electron chi connectivity index (χ2n) is 3.68. The molecule has 1 aromatic rings. The van der Waals surface area contributed by atoms with Crippen LogP contribution in [0.2, 0.25) is 0 Å². The minimum absolute atomic E-state index is 0.100. The van der Waals surface area contributed by atoms with E-state index in [1.807, 2.05) is 0 Å². The predicted molar refractivity (Wildman–Crippen MR) is 63.9 cm³/mol. The second-order valence-corrected chi connectivity index (χ2v) is 3.68. The van der Waals surface area contributed by atoms with Crippen LogP contribution in [-0.2, 0) is 9.59 Å². The summed E-state index contributed by atoms with van der Waals surface area (Å²) in [7, 11) is 0. The van der Waals surface area contributed by atoms with Crippen molar-refractivity contribution in [2.24, 2.45) is 0 Å². The number of aliphatic carboxylic acids is 1. The summed E-state index contributed by atoms with van der Waals surface area (Å²) in [5.74, 6) is -1.92. The van der Waals surface area contributed by atoms with Crippen molar-refractivity contribution < 1.29 is 29.4 Å². The lowest BCUT2D eigenvalue weighted by atomic mass is 10.2. The summed E-state index contributed by atoms with van der Waals surface area (Å²) in [6.45, 7) is 0. The van der Waals surface area contributed by atoms with Gasteiger partial charge < -0.3 is 19.8 Å². The predicted octanol–water partition coefficient (Wildman–Crippen LogP) is 0.701. The van der Waals surface area contributed by atoms with E-state index in [0.29, 0.717) is 6.29 Å². The number of aldehydes is 1. The lowest BCUT2D eigenvalue weighted by molar-refractivity contribution is -0.142. The zero-order valence-electron chi connectivity index (χ0n) is 9.91. The molecule has 1 atom stereocenters. The Balaban J connectivity index is 2.56. The highest BCUT2D eigenvalue weighted by Gasteiger charge is 2.17. The van der Waals surface area contributed by atoms with Gasteiger partial charge in [-0.25, -0.2) is 4.79 Å². The molecule has 3 N–H and O–H groups in total. The number of aromatic carboxylic acids is 1. The third kappa shape index (κ3) is 4.76. The first-order chi connectivity index (χ1) is 9.04. The number of hydrogen-bond acceptors (Lipinski definition) is 5. The van der Waals surface area contributed by atoms with Crippen LogP contribution in [0, 0.1) is 0 Å². The van der Waals surface area contributed by atoms with Gasteiger partial charge in [-0.05, 0) is 30.7 Å². The van der Waals surface area contributed by atoms with Crippen LogP contribution in [0.3, 0.4) is 0 Å². The fourth-order valence-electron chi connectivity index (χ4n) is 1.27. The maximum Gasteiger partial charge on any atom is 0.335 e. The molecule has 0 radical (unpaired) electrons. The van der Waals surface area contributed by atoms with Crippen molar-refractivity contribution >= 4 is 18.2 Å². The Kier molecular flexibility index (Phi) is 5.49. The Morgan fingerprint density at radius 1 is 1.26 bits per heavy atom. The van der Waals surface area contributed by atoms with E-state index < -0.39 is 18.0 Å². The molecule has 19 heavy (non-hydrogen) atoms. The molecule has 0 aliphatic carbocycles. The zero-order valence-corrected chi connectivity index (χ0v) is 9.91. The van der Waals surface area contributed by atoms with Crippen molar-refractivity contribution in [2.75, 3.05) is 0 Å². The Morgan fingerprint density at radius 2 is 1.89 bits per heavy atom. The number of carboxylic acids is 2. The smallest absolute Gasteiger partial charge is 0.335 e. The van der Waals surface area contributed by atoms with Crippen LogP contribution in [0.4, 0.5) is 0 Å². The van der Waals surface area contributed by atoms with Crippen LogP contribution in [-0.4, -0.2) is 34.5 Å². The number of nitrogens with one attached hydrogen (secondary N) is 1. The number of benzene rings is 1. The maximum absolute atomic E-state index is 10.8. The van der Waals surface area contributed by atoms with Crippen molar-refractivity contribution in [3.05, 3.63) is 29.8 Å². The van der Waals surface area contributed by atoms with Gasteiger partial charge in [0.05, 0.1) is 5.56 Å². The molecule has 0 saturated carbocycles. The van der Waals surface area contributed by atoms with E-state index >= 15 is 0 Å². The number of rotatable bonds is 8. The van der Waals surface area contributed by atoms with Crippen molar-refractivity contribution in [1.29, 1.82) is 0 Å². The monoisotopic (exact) mass is 267 g/mol. The largest absolute Gasteiger partial charge is 0.480 e. The lowest BCUT2D eigenvalue weighted by Gasteiger charge is -2.13. The molecule has 0 aromatic heterocycles. The van der Waals surface area contributed by atoms with E-state index in [1.165, 1.54) is 24.3 Å².